The summed E-state index contributed by atoms with van der Waals surface area (Å²) in [6.07, 6.45) is 3.33. The van der Waals surface area contributed by atoms with E-state index in [1.165, 1.54) is 0 Å². The maximum Gasteiger partial charge on any atom is 0.232 e. The molecule has 0 saturated carbocycles. The largest absolute Gasteiger partial charge is 0.474 e. The Kier molecular flexibility index (Phi) is 2.99. The summed E-state index contributed by atoms with van der Waals surface area (Å²) in [6, 6.07) is 0. The van der Waals surface area contributed by atoms with Crippen LogP contribution in [-0.2, 0) is 6.54 Å². The molecule has 1 aromatic heterocycles. The Labute approximate surface area is 71.8 Å². The maximum atomic E-state index is 5.39. The first kappa shape index (κ1) is 8.93. The minimum Gasteiger partial charge on any atom is -0.474 e. The third-order valence-corrected chi connectivity index (χ3v) is 1.23. The van der Waals surface area contributed by atoms with Gasteiger partial charge in [-0.3, -0.25) is 4.98 Å². The van der Waals surface area contributed by atoms with E-state index < -0.39 is 0 Å². The Morgan fingerprint density at radius 3 is 2.83 bits per heavy atom. The number of aromatic nitrogens is 2. The fraction of sp³-hybridized carbons (Fsp3) is 0.500. The van der Waals surface area contributed by atoms with Crippen molar-refractivity contribution in [1.82, 2.24) is 9.97 Å². The lowest BCUT2D eigenvalue weighted by Gasteiger charge is -2.07. The van der Waals surface area contributed by atoms with E-state index in [0.29, 0.717) is 12.4 Å². The van der Waals surface area contributed by atoms with Gasteiger partial charge in [0, 0.05) is 12.7 Å². The molecule has 0 amide bonds. The molecule has 0 unspecified atom stereocenters. The fourth-order valence-corrected chi connectivity index (χ4v) is 0.783. The standard InChI is InChI=1S/C8H13N3O/c1-6(2)12-8-5-10-4-7(3-9)11-8/h4-6H,3,9H2,1-2H3. The van der Waals surface area contributed by atoms with Crippen LogP contribution in [0.1, 0.15) is 19.5 Å². The Hall–Kier alpha value is -1.16. The summed E-state index contributed by atoms with van der Waals surface area (Å²) in [7, 11) is 0. The lowest BCUT2D eigenvalue weighted by molar-refractivity contribution is 0.231. The van der Waals surface area contributed by atoms with Crippen molar-refractivity contribution in [1.29, 1.82) is 0 Å². The Bertz CT molecular complexity index is 250. The second-order valence-corrected chi connectivity index (χ2v) is 2.72. The van der Waals surface area contributed by atoms with Gasteiger partial charge in [-0.15, -0.1) is 0 Å². The average Bonchev–Trinajstić information content (AvgIpc) is 2.03. The fourth-order valence-electron chi connectivity index (χ4n) is 0.783. The molecule has 1 rings (SSSR count). The molecule has 66 valence electrons. The van der Waals surface area contributed by atoms with Gasteiger partial charge in [-0.25, -0.2) is 4.98 Å². The Balaban J connectivity index is 2.72. The van der Waals surface area contributed by atoms with Crippen LogP contribution in [0.3, 0.4) is 0 Å². The van der Waals surface area contributed by atoms with Crippen LogP contribution in [0.5, 0.6) is 5.88 Å². The third kappa shape index (κ3) is 2.47. The average molecular weight is 167 g/mol. The highest BCUT2D eigenvalue weighted by atomic mass is 16.5. The minimum absolute atomic E-state index is 0.118. The summed E-state index contributed by atoms with van der Waals surface area (Å²) in [5, 5.41) is 0. The van der Waals surface area contributed by atoms with Gasteiger partial charge in [0.1, 0.15) is 0 Å². The number of rotatable bonds is 3. The van der Waals surface area contributed by atoms with Crippen molar-refractivity contribution in [3.63, 3.8) is 0 Å². The first-order valence-corrected chi connectivity index (χ1v) is 3.90. The van der Waals surface area contributed by atoms with E-state index in [4.69, 9.17) is 10.5 Å². The molecule has 0 radical (unpaired) electrons. The van der Waals surface area contributed by atoms with Gasteiger partial charge in [-0.2, -0.15) is 0 Å². The van der Waals surface area contributed by atoms with Crippen molar-refractivity contribution in [3.8, 4) is 5.88 Å². The zero-order valence-corrected chi connectivity index (χ0v) is 7.32. The molecule has 1 heterocycles. The topological polar surface area (TPSA) is 61.0 Å². The van der Waals surface area contributed by atoms with Gasteiger partial charge in [-0.1, -0.05) is 0 Å². The zero-order valence-electron chi connectivity index (χ0n) is 7.32. The molecular weight excluding hydrogens is 154 g/mol. The van der Waals surface area contributed by atoms with Crippen molar-refractivity contribution >= 4 is 0 Å². The van der Waals surface area contributed by atoms with Gasteiger partial charge in [0.05, 0.1) is 18.0 Å². The van der Waals surface area contributed by atoms with Gasteiger partial charge in [-0.05, 0) is 13.8 Å². The van der Waals surface area contributed by atoms with Crippen molar-refractivity contribution in [2.75, 3.05) is 0 Å². The van der Waals surface area contributed by atoms with Crippen LogP contribution < -0.4 is 10.5 Å². The molecule has 0 fully saturated rings. The van der Waals surface area contributed by atoms with Crippen LogP contribution in [0.25, 0.3) is 0 Å². The van der Waals surface area contributed by atoms with E-state index in [9.17, 15) is 0 Å². The molecule has 0 spiro atoms. The van der Waals surface area contributed by atoms with Crippen LogP contribution in [0.2, 0.25) is 0 Å². The number of hydrogen-bond acceptors (Lipinski definition) is 4. The third-order valence-electron chi connectivity index (χ3n) is 1.23. The molecule has 1 aromatic rings. The smallest absolute Gasteiger partial charge is 0.232 e. The second kappa shape index (κ2) is 4.01. The first-order valence-electron chi connectivity index (χ1n) is 3.90. The maximum absolute atomic E-state index is 5.39. The summed E-state index contributed by atoms with van der Waals surface area (Å²) >= 11 is 0. The normalized spacial score (nSPS) is 10.3. The van der Waals surface area contributed by atoms with Crippen LogP contribution in [-0.4, -0.2) is 16.1 Å². The van der Waals surface area contributed by atoms with Crippen LogP contribution in [0.4, 0.5) is 0 Å². The quantitative estimate of drug-likeness (QED) is 0.720. The molecule has 2 N–H and O–H groups in total. The highest BCUT2D eigenvalue weighted by Gasteiger charge is 1.99. The van der Waals surface area contributed by atoms with E-state index in [-0.39, 0.29) is 6.10 Å². The van der Waals surface area contributed by atoms with Crippen LogP contribution in [0, 0.1) is 0 Å². The summed E-state index contributed by atoms with van der Waals surface area (Å²) in [6.45, 7) is 4.27. The molecular formula is C8H13N3O. The highest BCUT2D eigenvalue weighted by molar-refractivity contribution is 5.08. The predicted octanol–water partition coefficient (Wildman–Crippen LogP) is 0.722. The molecule has 4 nitrogen and oxygen atoms in total. The van der Waals surface area contributed by atoms with E-state index in [1.807, 2.05) is 13.8 Å². The van der Waals surface area contributed by atoms with Gasteiger partial charge in [0.15, 0.2) is 0 Å². The SMILES string of the molecule is CC(C)Oc1cncc(CN)n1. The molecule has 0 aromatic carbocycles. The number of nitrogens with two attached hydrogens (primary N) is 1. The van der Waals surface area contributed by atoms with E-state index >= 15 is 0 Å². The minimum atomic E-state index is 0.118. The lowest BCUT2D eigenvalue weighted by atomic mass is 10.4. The molecule has 0 aliphatic heterocycles. The number of ether oxygens (including phenoxy) is 1. The Morgan fingerprint density at radius 2 is 2.25 bits per heavy atom. The number of nitrogens with zero attached hydrogens (tertiary/aromatic N) is 2. The van der Waals surface area contributed by atoms with Gasteiger partial charge in [0.25, 0.3) is 0 Å². The molecule has 0 atom stereocenters. The molecule has 0 saturated heterocycles. The molecule has 0 aliphatic carbocycles. The Morgan fingerprint density at radius 1 is 1.50 bits per heavy atom. The first-order chi connectivity index (χ1) is 5.72. The van der Waals surface area contributed by atoms with E-state index in [2.05, 4.69) is 9.97 Å². The molecule has 4 heteroatoms. The van der Waals surface area contributed by atoms with Crippen molar-refractivity contribution in [2.24, 2.45) is 5.73 Å². The monoisotopic (exact) mass is 167 g/mol. The number of hydrogen-bond donors (Lipinski definition) is 1. The van der Waals surface area contributed by atoms with Crippen molar-refractivity contribution < 1.29 is 4.74 Å². The molecule has 0 aliphatic rings. The summed E-state index contributed by atoms with van der Waals surface area (Å²) < 4.78 is 5.33. The van der Waals surface area contributed by atoms with Crippen LogP contribution >= 0.6 is 0 Å². The van der Waals surface area contributed by atoms with Gasteiger partial charge < -0.3 is 10.5 Å². The lowest BCUT2D eigenvalue weighted by Crippen LogP contribution is -2.09. The highest BCUT2D eigenvalue weighted by Crippen LogP contribution is 2.06. The van der Waals surface area contributed by atoms with Crippen LogP contribution in [0.15, 0.2) is 12.4 Å². The predicted molar refractivity (Wildman–Crippen MR) is 45.7 cm³/mol. The van der Waals surface area contributed by atoms with Gasteiger partial charge >= 0.3 is 0 Å². The molecule has 0 bridgehead atoms. The summed E-state index contributed by atoms with van der Waals surface area (Å²) in [5.41, 5.74) is 6.14. The summed E-state index contributed by atoms with van der Waals surface area (Å²) in [4.78, 5) is 8.06. The second-order valence-electron chi connectivity index (χ2n) is 2.72. The van der Waals surface area contributed by atoms with E-state index in [0.717, 1.165) is 5.69 Å². The molecule has 12 heavy (non-hydrogen) atoms. The zero-order chi connectivity index (χ0) is 8.97. The van der Waals surface area contributed by atoms with Crippen molar-refractivity contribution in [2.45, 2.75) is 26.5 Å². The van der Waals surface area contributed by atoms with Crippen molar-refractivity contribution in [3.05, 3.63) is 18.1 Å². The van der Waals surface area contributed by atoms with Gasteiger partial charge in [0.2, 0.25) is 5.88 Å². The van der Waals surface area contributed by atoms with E-state index in [1.54, 1.807) is 12.4 Å². The summed E-state index contributed by atoms with van der Waals surface area (Å²) in [5.74, 6) is 0.535.